The Morgan fingerprint density at radius 2 is 1.82 bits per heavy atom. The first-order chi connectivity index (χ1) is 16.6. The van der Waals surface area contributed by atoms with E-state index < -0.39 is 5.91 Å². The highest BCUT2D eigenvalue weighted by Crippen LogP contribution is 2.48. The molecule has 0 bridgehead atoms. The van der Waals surface area contributed by atoms with Crippen molar-refractivity contribution in [2.45, 2.75) is 24.7 Å². The highest BCUT2D eigenvalue weighted by molar-refractivity contribution is 6.05. The van der Waals surface area contributed by atoms with Crippen molar-refractivity contribution in [3.8, 4) is 18.2 Å². The van der Waals surface area contributed by atoms with E-state index in [2.05, 4.69) is 27.4 Å². The molecule has 2 N–H and O–H groups in total. The Balaban J connectivity index is 1.48. The standard InChI is InChI=1S/C26H17N7O/c27-12-16-3-1-4-18(9-16)24(34)31-21-6-5-20(11-19(21)14-29)26(7-2-8-26)25-32-22-10-17(13-28)15-30-23(22)33-25/h1,3-6,9-11,15H,2,7-8H2,(H,31,34)(H,30,32,33). The smallest absolute Gasteiger partial charge is 0.255 e. The zero-order valence-electron chi connectivity index (χ0n) is 18.0. The Morgan fingerprint density at radius 3 is 2.53 bits per heavy atom. The topological polar surface area (TPSA) is 142 Å². The second-order valence-electron chi connectivity index (χ2n) is 8.24. The van der Waals surface area contributed by atoms with Crippen molar-refractivity contribution in [3.05, 3.63) is 88.4 Å². The summed E-state index contributed by atoms with van der Waals surface area (Å²) in [5.74, 6) is 0.363. The highest BCUT2D eigenvalue weighted by atomic mass is 16.1. The molecule has 4 aromatic rings. The number of hydrogen-bond acceptors (Lipinski definition) is 6. The summed E-state index contributed by atoms with van der Waals surface area (Å²) < 4.78 is 0. The van der Waals surface area contributed by atoms with Crippen molar-refractivity contribution in [1.82, 2.24) is 15.0 Å². The minimum Gasteiger partial charge on any atom is -0.326 e. The molecule has 0 unspecified atom stereocenters. The summed E-state index contributed by atoms with van der Waals surface area (Å²) >= 11 is 0. The quantitative estimate of drug-likeness (QED) is 0.482. The molecule has 34 heavy (non-hydrogen) atoms. The summed E-state index contributed by atoms with van der Waals surface area (Å²) in [5, 5.41) is 30.8. The Bertz CT molecular complexity index is 1580. The third kappa shape index (κ3) is 3.43. The van der Waals surface area contributed by atoms with Crippen molar-refractivity contribution in [1.29, 1.82) is 15.8 Å². The van der Waals surface area contributed by atoms with Gasteiger partial charge in [0.15, 0.2) is 5.65 Å². The molecule has 0 aliphatic heterocycles. The first-order valence-electron chi connectivity index (χ1n) is 10.7. The van der Waals surface area contributed by atoms with Gasteiger partial charge in [-0.15, -0.1) is 0 Å². The minimum atomic E-state index is -0.392. The van der Waals surface area contributed by atoms with Gasteiger partial charge >= 0.3 is 0 Å². The van der Waals surface area contributed by atoms with Gasteiger partial charge in [0.1, 0.15) is 23.5 Å². The number of carbonyl (C=O) groups excluding carboxylic acids is 1. The number of carbonyl (C=O) groups is 1. The fourth-order valence-corrected chi connectivity index (χ4v) is 4.34. The van der Waals surface area contributed by atoms with Gasteiger partial charge in [-0.1, -0.05) is 18.6 Å². The number of benzene rings is 2. The lowest BCUT2D eigenvalue weighted by Crippen LogP contribution is -2.36. The normalized spacial score (nSPS) is 13.8. The molecule has 0 radical (unpaired) electrons. The molecule has 1 amide bonds. The van der Waals surface area contributed by atoms with E-state index in [1.54, 1.807) is 36.4 Å². The molecular weight excluding hydrogens is 426 g/mol. The summed E-state index contributed by atoms with van der Waals surface area (Å²) in [4.78, 5) is 25.0. The first kappa shape index (κ1) is 20.9. The van der Waals surface area contributed by atoms with Crippen LogP contribution in [0.3, 0.4) is 0 Å². The number of nitrogens with one attached hydrogen (secondary N) is 2. The number of amides is 1. The van der Waals surface area contributed by atoms with Gasteiger partial charge in [-0.2, -0.15) is 15.8 Å². The largest absolute Gasteiger partial charge is 0.326 e. The molecule has 5 rings (SSSR count). The Morgan fingerprint density at radius 1 is 1.00 bits per heavy atom. The molecule has 2 heterocycles. The second kappa shape index (κ2) is 8.16. The predicted octanol–water partition coefficient (Wildman–Crippen LogP) is 4.30. The Labute approximate surface area is 195 Å². The molecule has 1 fully saturated rings. The van der Waals surface area contributed by atoms with Gasteiger partial charge < -0.3 is 10.3 Å². The summed E-state index contributed by atoms with van der Waals surface area (Å²) in [6.07, 6.45) is 4.24. The third-order valence-electron chi connectivity index (χ3n) is 6.32. The molecule has 8 heteroatoms. The third-order valence-corrected chi connectivity index (χ3v) is 6.32. The minimum absolute atomic E-state index is 0.342. The Kier molecular flexibility index (Phi) is 5.01. The molecule has 162 valence electrons. The highest BCUT2D eigenvalue weighted by Gasteiger charge is 2.43. The zero-order chi connectivity index (χ0) is 23.7. The molecule has 0 saturated heterocycles. The number of fused-ring (bicyclic) bond motifs is 1. The molecule has 2 aromatic carbocycles. The number of hydrogen-bond donors (Lipinski definition) is 2. The van der Waals surface area contributed by atoms with Crippen LogP contribution in [0.15, 0.2) is 54.7 Å². The van der Waals surface area contributed by atoms with Crippen LogP contribution in [0.5, 0.6) is 0 Å². The number of imidazole rings is 1. The second-order valence-corrected chi connectivity index (χ2v) is 8.24. The van der Waals surface area contributed by atoms with Crippen LogP contribution in [0, 0.1) is 34.0 Å². The van der Waals surface area contributed by atoms with E-state index in [1.807, 2.05) is 12.1 Å². The average molecular weight is 443 g/mol. The van der Waals surface area contributed by atoms with Crippen LogP contribution in [-0.4, -0.2) is 20.9 Å². The van der Waals surface area contributed by atoms with Gasteiger partial charge in [-0.05, 0) is 54.8 Å². The van der Waals surface area contributed by atoms with Crippen LogP contribution in [-0.2, 0) is 5.41 Å². The van der Waals surface area contributed by atoms with E-state index >= 15 is 0 Å². The van der Waals surface area contributed by atoms with E-state index in [9.17, 15) is 10.1 Å². The molecule has 8 nitrogen and oxygen atoms in total. The van der Waals surface area contributed by atoms with Crippen LogP contribution in [0.4, 0.5) is 5.69 Å². The maximum atomic E-state index is 12.7. The molecule has 2 aromatic heterocycles. The van der Waals surface area contributed by atoms with Crippen molar-refractivity contribution in [2.75, 3.05) is 5.32 Å². The number of H-pyrrole nitrogens is 1. The lowest BCUT2D eigenvalue weighted by atomic mass is 9.63. The van der Waals surface area contributed by atoms with E-state index in [-0.39, 0.29) is 5.41 Å². The lowest BCUT2D eigenvalue weighted by molar-refractivity contribution is 0.102. The van der Waals surface area contributed by atoms with Gasteiger partial charge in [-0.25, -0.2) is 9.97 Å². The maximum absolute atomic E-state index is 12.7. The zero-order valence-corrected chi connectivity index (χ0v) is 18.0. The van der Waals surface area contributed by atoms with Crippen LogP contribution in [0.2, 0.25) is 0 Å². The Hall–Kier alpha value is -5.00. The first-order valence-corrected chi connectivity index (χ1v) is 10.7. The fourth-order valence-electron chi connectivity index (χ4n) is 4.34. The number of aromatic nitrogens is 3. The number of rotatable bonds is 4. The van der Waals surface area contributed by atoms with Crippen molar-refractivity contribution in [3.63, 3.8) is 0 Å². The summed E-state index contributed by atoms with van der Waals surface area (Å²) in [5.41, 5.74) is 3.70. The molecule has 1 aliphatic rings. The van der Waals surface area contributed by atoms with Gasteiger partial charge in [0.05, 0.1) is 33.9 Å². The van der Waals surface area contributed by atoms with Gasteiger partial charge in [-0.3, -0.25) is 4.79 Å². The van der Waals surface area contributed by atoms with Crippen LogP contribution < -0.4 is 5.32 Å². The monoisotopic (exact) mass is 443 g/mol. The van der Waals surface area contributed by atoms with Crippen LogP contribution in [0.25, 0.3) is 11.2 Å². The van der Waals surface area contributed by atoms with Crippen LogP contribution in [0.1, 0.15) is 57.7 Å². The van der Waals surface area contributed by atoms with Crippen molar-refractivity contribution < 1.29 is 4.79 Å². The summed E-state index contributed by atoms with van der Waals surface area (Å²) in [6.45, 7) is 0. The van der Waals surface area contributed by atoms with E-state index in [0.717, 1.165) is 30.7 Å². The van der Waals surface area contributed by atoms with E-state index in [0.29, 0.717) is 39.1 Å². The number of pyridine rings is 1. The van der Waals surface area contributed by atoms with Crippen molar-refractivity contribution in [2.24, 2.45) is 0 Å². The molecule has 0 spiro atoms. The van der Waals surface area contributed by atoms with Gasteiger partial charge in [0.2, 0.25) is 0 Å². The average Bonchev–Trinajstić information content (AvgIpc) is 3.27. The molecule has 0 atom stereocenters. The van der Waals surface area contributed by atoms with E-state index in [4.69, 9.17) is 15.5 Å². The van der Waals surface area contributed by atoms with Gasteiger partial charge in [0.25, 0.3) is 5.91 Å². The number of nitrogens with zero attached hydrogens (tertiary/aromatic N) is 5. The molecular formula is C26H17N7O. The van der Waals surface area contributed by atoms with Gasteiger partial charge in [0, 0.05) is 11.8 Å². The van der Waals surface area contributed by atoms with Crippen LogP contribution >= 0.6 is 0 Å². The number of aromatic amines is 1. The SMILES string of the molecule is N#Cc1cccc(C(=O)Nc2ccc(C3(c4nc5cc(C#N)cnc5[nH]4)CCC3)cc2C#N)c1. The number of nitriles is 3. The predicted molar refractivity (Wildman–Crippen MR) is 124 cm³/mol. The maximum Gasteiger partial charge on any atom is 0.255 e. The number of anilines is 1. The molecule has 1 saturated carbocycles. The lowest BCUT2D eigenvalue weighted by Gasteiger charge is -2.40. The fraction of sp³-hybridized carbons (Fsp3) is 0.154. The summed E-state index contributed by atoms with van der Waals surface area (Å²) in [6, 6.07) is 19.8. The van der Waals surface area contributed by atoms with Crippen molar-refractivity contribution >= 4 is 22.8 Å². The summed E-state index contributed by atoms with van der Waals surface area (Å²) in [7, 11) is 0. The molecule has 1 aliphatic carbocycles. The van der Waals surface area contributed by atoms with E-state index in [1.165, 1.54) is 12.3 Å².